The average molecular weight is 509 g/mol. The summed E-state index contributed by atoms with van der Waals surface area (Å²) in [6.45, 7) is 1.25. The van der Waals surface area contributed by atoms with Gasteiger partial charge in [-0.3, -0.25) is 4.79 Å². The highest BCUT2D eigenvalue weighted by atomic mass is 16.5. The number of nitrogens with zero attached hydrogens (tertiary/aromatic N) is 2. The maximum absolute atomic E-state index is 13.1. The Kier molecular flexibility index (Phi) is 8.07. The van der Waals surface area contributed by atoms with E-state index in [1.54, 1.807) is 0 Å². The predicted octanol–water partition coefficient (Wildman–Crippen LogP) is 6.28. The highest BCUT2D eigenvalue weighted by molar-refractivity contribution is 5.96. The summed E-state index contributed by atoms with van der Waals surface area (Å²) in [7, 11) is 4.13. The summed E-state index contributed by atoms with van der Waals surface area (Å²) in [6.07, 6.45) is 4.11. The van der Waals surface area contributed by atoms with Crippen LogP contribution in [0.5, 0.6) is 5.75 Å². The summed E-state index contributed by atoms with van der Waals surface area (Å²) in [4.78, 5) is 20.1. The molecule has 0 radical (unpaired) electrons. The van der Waals surface area contributed by atoms with Crippen molar-refractivity contribution < 1.29 is 9.53 Å². The predicted molar refractivity (Wildman–Crippen MR) is 155 cm³/mol. The number of aromatic nitrogens is 1. The number of para-hydroxylation sites is 2. The molecule has 1 fully saturated rings. The molecule has 4 aromatic rings. The van der Waals surface area contributed by atoms with Crippen LogP contribution in [0.1, 0.15) is 41.6 Å². The number of hydrogen-bond acceptors (Lipinski definition) is 5. The molecule has 0 atom stereocenters. The average Bonchev–Trinajstić information content (AvgIpc) is 2.96. The van der Waals surface area contributed by atoms with Crippen LogP contribution in [0.2, 0.25) is 0 Å². The van der Waals surface area contributed by atoms with Gasteiger partial charge in [-0.05, 0) is 55.9 Å². The molecule has 0 bridgehead atoms. The lowest BCUT2D eigenvalue weighted by molar-refractivity contribution is 0.0920. The van der Waals surface area contributed by atoms with Crippen LogP contribution in [-0.4, -0.2) is 37.6 Å². The molecule has 1 aliphatic rings. The molecule has 1 heterocycles. The van der Waals surface area contributed by atoms with Crippen molar-refractivity contribution in [3.8, 4) is 5.75 Å². The number of rotatable bonds is 9. The minimum absolute atomic E-state index is 0.0181. The third-order valence-electron chi connectivity index (χ3n) is 7.33. The molecule has 1 aliphatic carbocycles. The molecule has 1 saturated carbocycles. The molecule has 1 amide bonds. The van der Waals surface area contributed by atoms with E-state index in [0.29, 0.717) is 18.1 Å². The zero-order valence-corrected chi connectivity index (χ0v) is 22.2. The van der Waals surface area contributed by atoms with Crippen LogP contribution in [0.25, 0.3) is 10.9 Å². The van der Waals surface area contributed by atoms with E-state index in [0.717, 1.165) is 60.3 Å². The summed E-state index contributed by atoms with van der Waals surface area (Å²) in [6, 6.07) is 28.0. The van der Waals surface area contributed by atoms with Gasteiger partial charge in [0.1, 0.15) is 18.2 Å². The van der Waals surface area contributed by atoms with Gasteiger partial charge in [-0.25, -0.2) is 4.98 Å². The van der Waals surface area contributed by atoms with Crippen LogP contribution >= 0.6 is 0 Å². The van der Waals surface area contributed by atoms with Crippen molar-refractivity contribution in [3.63, 3.8) is 0 Å². The first-order valence-corrected chi connectivity index (χ1v) is 13.4. The third kappa shape index (κ3) is 6.25. The van der Waals surface area contributed by atoms with Crippen molar-refractivity contribution in [2.24, 2.45) is 5.92 Å². The fourth-order valence-electron chi connectivity index (χ4n) is 5.19. The van der Waals surface area contributed by atoms with Gasteiger partial charge in [0.2, 0.25) is 0 Å². The number of anilines is 2. The van der Waals surface area contributed by atoms with Crippen molar-refractivity contribution in [2.45, 2.75) is 38.3 Å². The molecule has 196 valence electrons. The molecule has 0 aliphatic heterocycles. The lowest BCUT2D eigenvalue weighted by atomic mass is 9.86. The quantitative estimate of drug-likeness (QED) is 0.279. The second-order valence-electron chi connectivity index (χ2n) is 10.3. The zero-order valence-electron chi connectivity index (χ0n) is 22.2. The van der Waals surface area contributed by atoms with E-state index in [9.17, 15) is 4.79 Å². The number of fused-ring (bicyclic) bond motifs is 1. The smallest absolute Gasteiger partial charge is 0.251 e. The number of pyridine rings is 1. The van der Waals surface area contributed by atoms with Gasteiger partial charge in [0, 0.05) is 54.9 Å². The van der Waals surface area contributed by atoms with Crippen LogP contribution in [0.15, 0.2) is 84.9 Å². The molecular weight excluding hydrogens is 472 g/mol. The van der Waals surface area contributed by atoms with Crippen molar-refractivity contribution >= 4 is 28.3 Å². The summed E-state index contributed by atoms with van der Waals surface area (Å²) in [5, 5.41) is 8.01. The largest absolute Gasteiger partial charge is 0.489 e. The van der Waals surface area contributed by atoms with Crippen LogP contribution in [0, 0.1) is 5.92 Å². The molecule has 2 N–H and O–H groups in total. The number of carbonyl (C=O) groups is 1. The molecule has 38 heavy (non-hydrogen) atoms. The Balaban J connectivity index is 1.13. The van der Waals surface area contributed by atoms with E-state index in [2.05, 4.69) is 53.9 Å². The topological polar surface area (TPSA) is 66.5 Å². The maximum atomic E-state index is 13.1. The molecule has 5 rings (SSSR count). The monoisotopic (exact) mass is 508 g/mol. The Bertz CT molecular complexity index is 1360. The van der Waals surface area contributed by atoms with Gasteiger partial charge in [-0.1, -0.05) is 54.6 Å². The highest BCUT2D eigenvalue weighted by Crippen LogP contribution is 2.29. The zero-order chi connectivity index (χ0) is 26.3. The maximum Gasteiger partial charge on any atom is 0.251 e. The molecule has 6 heteroatoms. The second kappa shape index (κ2) is 12.0. The number of carbonyl (C=O) groups excluding carboxylic acids is 1. The van der Waals surface area contributed by atoms with E-state index in [4.69, 9.17) is 9.72 Å². The SMILES string of the molecule is CN(C)c1cc(NCC2CCC(NC(=O)c3ccccc3COc3ccccc3)CC2)nc2ccccc12. The summed E-state index contributed by atoms with van der Waals surface area (Å²) in [5.74, 6) is 2.25. The van der Waals surface area contributed by atoms with Gasteiger partial charge < -0.3 is 20.3 Å². The Morgan fingerprint density at radius 1 is 0.921 bits per heavy atom. The lowest BCUT2D eigenvalue weighted by Crippen LogP contribution is -2.39. The van der Waals surface area contributed by atoms with Gasteiger partial charge >= 0.3 is 0 Å². The van der Waals surface area contributed by atoms with Crippen molar-refractivity contribution in [3.05, 3.63) is 96.1 Å². The van der Waals surface area contributed by atoms with Crippen LogP contribution < -0.4 is 20.3 Å². The summed E-state index contributed by atoms with van der Waals surface area (Å²) >= 11 is 0. The van der Waals surface area contributed by atoms with Crippen molar-refractivity contribution in [1.29, 1.82) is 0 Å². The Morgan fingerprint density at radius 3 is 2.42 bits per heavy atom. The summed E-state index contributed by atoms with van der Waals surface area (Å²) < 4.78 is 5.90. The molecule has 0 unspecified atom stereocenters. The van der Waals surface area contributed by atoms with Crippen LogP contribution in [0.3, 0.4) is 0 Å². The van der Waals surface area contributed by atoms with Gasteiger partial charge in [-0.2, -0.15) is 0 Å². The molecule has 3 aromatic carbocycles. The van der Waals surface area contributed by atoms with Crippen LogP contribution in [-0.2, 0) is 6.61 Å². The summed E-state index contributed by atoms with van der Waals surface area (Å²) in [5.41, 5.74) is 3.75. The lowest BCUT2D eigenvalue weighted by Gasteiger charge is -2.29. The number of benzene rings is 3. The number of hydrogen-bond donors (Lipinski definition) is 2. The van der Waals surface area contributed by atoms with Gasteiger partial charge in [0.25, 0.3) is 5.91 Å². The molecular formula is C32H36N4O2. The first kappa shape index (κ1) is 25.6. The second-order valence-corrected chi connectivity index (χ2v) is 10.3. The van der Waals surface area contributed by atoms with E-state index in [-0.39, 0.29) is 11.9 Å². The molecule has 6 nitrogen and oxygen atoms in total. The normalized spacial score (nSPS) is 17.1. The molecule has 0 saturated heterocycles. The first-order valence-electron chi connectivity index (χ1n) is 13.4. The van der Waals surface area contributed by atoms with E-state index in [1.165, 1.54) is 5.69 Å². The fraction of sp³-hybridized carbons (Fsp3) is 0.312. The third-order valence-corrected chi connectivity index (χ3v) is 7.33. The first-order chi connectivity index (χ1) is 18.6. The van der Waals surface area contributed by atoms with E-state index < -0.39 is 0 Å². The van der Waals surface area contributed by atoms with Crippen molar-refractivity contribution in [1.82, 2.24) is 10.3 Å². The number of nitrogens with one attached hydrogen (secondary N) is 2. The molecule has 1 aromatic heterocycles. The Morgan fingerprint density at radius 2 is 1.63 bits per heavy atom. The van der Waals surface area contributed by atoms with Gasteiger partial charge in [0.05, 0.1) is 5.52 Å². The van der Waals surface area contributed by atoms with Gasteiger partial charge in [-0.15, -0.1) is 0 Å². The highest BCUT2D eigenvalue weighted by Gasteiger charge is 2.24. The van der Waals surface area contributed by atoms with Crippen LogP contribution in [0.4, 0.5) is 11.5 Å². The minimum Gasteiger partial charge on any atom is -0.489 e. The molecule has 0 spiro atoms. The Hall–Kier alpha value is -4.06. The van der Waals surface area contributed by atoms with E-state index in [1.807, 2.05) is 60.7 Å². The number of ether oxygens (including phenoxy) is 1. The Labute approximate surface area is 225 Å². The van der Waals surface area contributed by atoms with Gasteiger partial charge in [0.15, 0.2) is 0 Å². The minimum atomic E-state index is -0.0181. The standard InChI is InChI=1S/C32H36N4O2/c1-36(2)30-20-31(35-29-15-9-8-14-28(29)30)33-21-23-16-18-25(19-17-23)34-32(37)27-13-7-6-10-24(27)22-38-26-11-4-3-5-12-26/h3-15,20,23,25H,16-19,21-22H2,1-2H3,(H,33,35)(H,34,37). The fourth-order valence-corrected chi connectivity index (χ4v) is 5.19. The number of amides is 1. The van der Waals surface area contributed by atoms with E-state index >= 15 is 0 Å². The van der Waals surface area contributed by atoms with Crippen molar-refractivity contribution in [2.75, 3.05) is 30.9 Å².